The largest absolute Gasteiger partial charge is 0.496 e. The third-order valence-electron chi connectivity index (χ3n) is 3.79. The Morgan fingerprint density at radius 1 is 1.17 bits per heavy atom. The summed E-state index contributed by atoms with van der Waals surface area (Å²) in [6.45, 7) is 5.30. The van der Waals surface area contributed by atoms with Gasteiger partial charge in [0.05, 0.1) is 7.11 Å². The minimum atomic E-state index is -0.963. The van der Waals surface area contributed by atoms with Crippen molar-refractivity contribution in [3.8, 4) is 5.75 Å². The predicted octanol–water partition coefficient (Wildman–Crippen LogP) is 3.68. The van der Waals surface area contributed by atoms with E-state index in [1.165, 1.54) is 0 Å². The SMILES string of the molecule is C=C1C(=O)OC2(CCCC2)OC1=O.COc1cc(Br)ccc1C. The first kappa shape index (κ1) is 17.5. The van der Waals surface area contributed by atoms with Crippen LogP contribution in [-0.4, -0.2) is 24.8 Å². The lowest BCUT2D eigenvalue weighted by Gasteiger charge is -2.32. The van der Waals surface area contributed by atoms with Crippen LogP contribution in [0.5, 0.6) is 5.75 Å². The summed E-state index contributed by atoms with van der Waals surface area (Å²) in [6.07, 6.45) is 3.07. The Kier molecular flexibility index (Phi) is 5.46. The van der Waals surface area contributed by atoms with Gasteiger partial charge in [0.15, 0.2) is 0 Å². The van der Waals surface area contributed by atoms with Crippen LogP contribution in [0.25, 0.3) is 0 Å². The molecule has 1 aliphatic carbocycles. The molecule has 1 saturated carbocycles. The van der Waals surface area contributed by atoms with Crippen LogP contribution in [-0.2, 0) is 19.1 Å². The van der Waals surface area contributed by atoms with Gasteiger partial charge in [-0.15, -0.1) is 0 Å². The zero-order valence-electron chi connectivity index (χ0n) is 13.2. The molecule has 6 heteroatoms. The van der Waals surface area contributed by atoms with Crippen molar-refractivity contribution >= 4 is 27.9 Å². The van der Waals surface area contributed by atoms with E-state index in [2.05, 4.69) is 22.5 Å². The topological polar surface area (TPSA) is 61.8 Å². The Bertz CT molecular complexity index is 610. The van der Waals surface area contributed by atoms with E-state index < -0.39 is 17.7 Å². The highest BCUT2D eigenvalue weighted by molar-refractivity contribution is 9.10. The second-order valence-electron chi connectivity index (χ2n) is 5.49. The molecule has 1 aromatic rings. The lowest BCUT2D eigenvalue weighted by Crippen LogP contribution is -2.44. The fourth-order valence-electron chi connectivity index (χ4n) is 2.48. The second-order valence-corrected chi connectivity index (χ2v) is 6.41. The summed E-state index contributed by atoms with van der Waals surface area (Å²) in [5, 5.41) is 0. The van der Waals surface area contributed by atoms with Gasteiger partial charge in [0.2, 0.25) is 0 Å². The van der Waals surface area contributed by atoms with Crippen molar-refractivity contribution in [3.63, 3.8) is 0 Å². The van der Waals surface area contributed by atoms with Crippen LogP contribution >= 0.6 is 15.9 Å². The molecular weight excluding hydrogens is 364 g/mol. The van der Waals surface area contributed by atoms with Gasteiger partial charge in [0.1, 0.15) is 11.3 Å². The maximum absolute atomic E-state index is 11.1. The molecule has 5 nitrogen and oxygen atoms in total. The first-order valence-electron chi connectivity index (χ1n) is 7.32. The fraction of sp³-hybridized carbons (Fsp3) is 0.412. The van der Waals surface area contributed by atoms with Crippen molar-refractivity contribution in [1.82, 2.24) is 0 Å². The highest BCUT2D eigenvalue weighted by Gasteiger charge is 2.47. The summed E-state index contributed by atoms with van der Waals surface area (Å²) in [6, 6.07) is 5.97. The number of methoxy groups -OCH3 is 1. The van der Waals surface area contributed by atoms with Crippen LogP contribution < -0.4 is 4.74 Å². The zero-order valence-corrected chi connectivity index (χ0v) is 14.8. The molecule has 0 bridgehead atoms. The number of carbonyl (C=O) groups is 2. The van der Waals surface area contributed by atoms with E-state index in [9.17, 15) is 9.59 Å². The molecule has 23 heavy (non-hydrogen) atoms. The van der Waals surface area contributed by atoms with Gasteiger partial charge >= 0.3 is 11.9 Å². The van der Waals surface area contributed by atoms with Crippen LogP contribution in [0.4, 0.5) is 0 Å². The number of rotatable bonds is 1. The molecule has 1 spiro atoms. The van der Waals surface area contributed by atoms with Crippen molar-refractivity contribution in [2.75, 3.05) is 7.11 Å². The van der Waals surface area contributed by atoms with Crippen molar-refractivity contribution in [3.05, 3.63) is 40.4 Å². The third-order valence-corrected chi connectivity index (χ3v) is 4.28. The average molecular weight is 383 g/mol. The molecule has 1 aliphatic heterocycles. The molecular formula is C17H19BrO5. The normalized spacial score (nSPS) is 18.8. The molecule has 124 valence electrons. The summed E-state index contributed by atoms with van der Waals surface area (Å²) in [5.74, 6) is -1.32. The Labute approximate surface area is 143 Å². The second kappa shape index (κ2) is 7.17. The quantitative estimate of drug-likeness (QED) is 0.421. The van der Waals surface area contributed by atoms with Crippen LogP contribution in [0.2, 0.25) is 0 Å². The van der Waals surface area contributed by atoms with Crippen LogP contribution in [0, 0.1) is 6.92 Å². The summed E-state index contributed by atoms with van der Waals surface area (Å²) in [5.41, 5.74) is 0.947. The predicted molar refractivity (Wildman–Crippen MR) is 88.0 cm³/mol. The smallest absolute Gasteiger partial charge is 0.348 e. The Balaban J connectivity index is 0.000000174. The highest BCUT2D eigenvalue weighted by atomic mass is 79.9. The van der Waals surface area contributed by atoms with Gasteiger partial charge in [0.25, 0.3) is 5.79 Å². The average Bonchev–Trinajstić information content (AvgIpc) is 2.95. The number of carbonyl (C=O) groups excluding carboxylic acids is 2. The third kappa shape index (κ3) is 4.13. The molecule has 0 aromatic heterocycles. The maximum Gasteiger partial charge on any atom is 0.348 e. The number of hydrogen-bond donors (Lipinski definition) is 0. The van der Waals surface area contributed by atoms with Gasteiger partial charge in [-0.25, -0.2) is 9.59 Å². The van der Waals surface area contributed by atoms with E-state index >= 15 is 0 Å². The number of benzene rings is 1. The molecule has 0 atom stereocenters. The fourth-order valence-corrected chi connectivity index (χ4v) is 2.82. The van der Waals surface area contributed by atoms with Gasteiger partial charge in [-0.1, -0.05) is 28.6 Å². The Morgan fingerprint density at radius 3 is 2.22 bits per heavy atom. The molecule has 0 amide bonds. The Morgan fingerprint density at radius 2 is 1.74 bits per heavy atom. The number of ether oxygens (including phenoxy) is 3. The van der Waals surface area contributed by atoms with E-state index in [4.69, 9.17) is 14.2 Å². The molecule has 2 fully saturated rings. The molecule has 1 aromatic carbocycles. The van der Waals surface area contributed by atoms with E-state index in [1.807, 2.05) is 25.1 Å². The van der Waals surface area contributed by atoms with Gasteiger partial charge < -0.3 is 14.2 Å². The lowest BCUT2D eigenvalue weighted by atomic mass is 10.2. The van der Waals surface area contributed by atoms with Crippen LogP contribution in [0.3, 0.4) is 0 Å². The number of hydrogen-bond acceptors (Lipinski definition) is 5. The maximum atomic E-state index is 11.1. The van der Waals surface area contributed by atoms with Crippen LogP contribution in [0.15, 0.2) is 34.8 Å². The van der Waals surface area contributed by atoms with E-state index in [-0.39, 0.29) is 5.57 Å². The first-order valence-corrected chi connectivity index (χ1v) is 8.12. The van der Waals surface area contributed by atoms with Gasteiger partial charge in [-0.2, -0.15) is 0 Å². The molecule has 1 heterocycles. The summed E-state index contributed by atoms with van der Waals surface area (Å²) in [7, 11) is 1.68. The first-order chi connectivity index (χ1) is 10.9. The number of halogens is 1. The molecule has 1 saturated heterocycles. The van der Waals surface area contributed by atoms with Gasteiger partial charge in [-0.05, 0) is 37.5 Å². The summed E-state index contributed by atoms with van der Waals surface area (Å²) >= 11 is 3.36. The minimum Gasteiger partial charge on any atom is -0.496 e. The van der Waals surface area contributed by atoms with Crippen molar-refractivity contribution < 1.29 is 23.8 Å². The van der Waals surface area contributed by atoms with Crippen LogP contribution in [0.1, 0.15) is 31.2 Å². The Hall–Kier alpha value is -1.82. The van der Waals surface area contributed by atoms with E-state index in [1.54, 1.807) is 7.11 Å². The monoisotopic (exact) mass is 382 g/mol. The molecule has 0 N–H and O–H groups in total. The standard InChI is InChI=1S/C9H10O4.C8H9BrO/c1-6-7(10)12-9(13-8(6)11)4-2-3-5-9;1-6-3-4-7(9)5-8(6)10-2/h1-5H2;3-5H,1-2H3. The van der Waals surface area contributed by atoms with Gasteiger partial charge in [-0.3, -0.25) is 0 Å². The number of esters is 2. The summed E-state index contributed by atoms with van der Waals surface area (Å²) < 4.78 is 16.2. The van der Waals surface area contributed by atoms with Crippen molar-refractivity contribution in [1.29, 1.82) is 0 Å². The lowest BCUT2D eigenvalue weighted by molar-refractivity contribution is -0.232. The van der Waals surface area contributed by atoms with Crippen molar-refractivity contribution in [2.24, 2.45) is 0 Å². The highest BCUT2D eigenvalue weighted by Crippen LogP contribution is 2.37. The molecule has 0 radical (unpaired) electrons. The van der Waals surface area contributed by atoms with E-state index in [0.717, 1.165) is 28.6 Å². The number of aryl methyl sites for hydroxylation is 1. The minimum absolute atomic E-state index is 0.211. The molecule has 2 aliphatic rings. The zero-order chi connectivity index (χ0) is 17.0. The van der Waals surface area contributed by atoms with Crippen molar-refractivity contribution in [2.45, 2.75) is 38.4 Å². The summed E-state index contributed by atoms with van der Waals surface area (Å²) in [4.78, 5) is 22.3. The van der Waals surface area contributed by atoms with Gasteiger partial charge in [0, 0.05) is 17.3 Å². The van der Waals surface area contributed by atoms with E-state index in [0.29, 0.717) is 12.8 Å². The molecule has 0 unspecified atom stereocenters. The molecule has 3 rings (SSSR count).